The van der Waals surface area contributed by atoms with E-state index < -0.39 is 0 Å². The summed E-state index contributed by atoms with van der Waals surface area (Å²) < 4.78 is 3.84. The van der Waals surface area contributed by atoms with Gasteiger partial charge in [-0.05, 0) is 67.9 Å². The summed E-state index contributed by atoms with van der Waals surface area (Å²) in [5, 5.41) is 4.75. The second-order valence-corrected chi connectivity index (χ2v) is 10.5. The molecule has 0 atom stereocenters. The highest BCUT2D eigenvalue weighted by molar-refractivity contribution is 7.33. The molecule has 4 bridgehead atoms. The summed E-state index contributed by atoms with van der Waals surface area (Å²) in [6.45, 7) is 0. The molecule has 4 fully saturated rings. The molecule has 0 unspecified atom stereocenters. The van der Waals surface area contributed by atoms with E-state index in [-0.39, 0.29) is 5.91 Å². The largest absolute Gasteiger partial charge is 0.348 e. The Morgan fingerprint density at radius 3 is 2.40 bits per heavy atom. The van der Waals surface area contributed by atoms with Crippen molar-refractivity contribution in [3.63, 3.8) is 0 Å². The minimum atomic E-state index is 0.162. The molecule has 1 N–H and O–H groups in total. The van der Waals surface area contributed by atoms with E-state index in [0.717, 1.165) is 28.5 Å². The van der Waals surface area contributed by atoms with Crippen molar-refractivity contribution in [3.05, 3.63) is 35.2 Å². The highest BCUT2D eigenvalue weighted by Crippen LogP contribution is 2.53. The van der Waals surface area contributed by atoms with E-state index in [0.29, 0.717) is 6.04 Å². The van der Waals surface area contributed by atoms with Crippen LogP contribution in [0, 0.1) is 23.7 Å². The second-order valence-electron chi connectivity index (χ2n) is 8.33. The fourth-order valence-electron chi connectivity index (χ4n) is 5.99. The van der Waals surface area contributed by atoms with E-state index in [9.17, 15) is 4.79 Å². The third kappa shape index (κ3) is 2.23. The summed E-state index contributed by atoms with van der Waals surface area (Å²) in [4.78, 5) is 13.8. The number of amides is 1. The first kappa shape index (κ1) is 14.7. The molecule has 4 heteroatoms. The highest BCUT2D eigenvalue weighted by Gasteiger charge is 2.48. The molecule has 1 aromatic carbocycles. The van der Waals surface area contributed by atoms with Gasteiger partial charge in [0.25, 0.3) is 5.91 Å². The molecule has 4 aliphatic rings. The minimum Gasteiger partial charge on any atom is -0.348 e. The number of carbonyl (C=O) groups excluding carboxylic acids is 1. The summed E-state index contributed by atoms with van der Waals surface area (Å²) in [6.07, 6.45) is 6.86. The quantitative estimate of drug-likeness (QED) is 0.621. The van der Waals surface area contributed by atoms with E-state index in [1.165, 1.54) is 51.6 Å². The van der Waals surface area contributed by atoms with E-state index in [2.05, 4.69) is 35.6 Å². The normalized spacial score (nSPS) is 33.4. The molecule has 4 aliphatic carbocycles. The van der Waals surface area contributed by atoms with Crippen molar-refractivity contribution >= 4 is 48.1 Å². The van der Waals surface area contributed by atoms with Crippen molar-refractivity contribution in [2.24, 2.45) is 23.7 Å². The number of rotatable bonds is 2. The lowest BCUT2D eigenvalue weighted by Crippen LogP contribution is -2.55. The van der Waals surface area contributed by atoms with Crippen molar-refractivity contribution in [1.29, 1.82) is 0 Å². The molecule has 128 valence electrons. The van der Waals surface area contributed by atoms with Crippen molar-refractivity contribution < 1.29 is 4.79 Å². The third-order valence-corrected chi connectivity index (χ3v) is 9.21. The third-order valence-electron chi connectivity index (χ3n) is 6.80. The highest BCUT2D eigenvalue weighted by atomic mass is 32.1. The molecule has 2 nitrogen and oxygen atoms in total. The molecule has 25 heavy (non-hydrogen) atoms. The molecule has 4 saturated carbocycles. The predicted octanol–water partition coefficient (Wildman–Crippen LogP) is 5.67. The van der Waals surface area contributed by atoms with Crippen molar-refractivity contribution in [2.75, 3.05) is 0 Å². The summed E-state index contributed by atoms with van der Waals surface area (Å²) in [7, 11) is 0. The Labute approximate surface area is 155 Å². The van der Waals surface area contributed by atoms with Gasteiger partial charge in [0.05, 0.1) is 9.58 Å². The Kier molecular flexibility index (Phi) is 3.13. The van der Waals surface area contributed by atoms with E-state index >= 15 is 0 Å². The SMILES string of the molecule is O=C(NC1C2CC3CC(C2)CC1C3)c1cc2sc3ccccc3c2s1. The van der Waals surface area contributed by atoms with Gasteiger partial charge >= 0.3 is 0 Å². The molecule has 1 amide bonds. The maximum atomic E-state index is 12.9. The van der Waals surface area contributed by atoms with Crippen molar-refractivity contribution in [2.45, 2.75) is 38.1 Å². The number of thiophene rings is 2. The number of benzene rings is 1. The Bertz CT molecular complexity index is 956. The zero-order chi connectivity index (χ0) is 16.5. The zero-order valence-electron chi connectivity index (χ0n) is 14.0. The monoisotopic (exact) mass is 367 g/mol. The van der Waals surface area contributed by atoms with Crippen molar-refractivity contribution in [1.82, 2.24) is 5.32 Å². The first-order valence-electron chi connectivity index (χ1n) is 9.46. The van der Waals surface area contributed by atoms with Crippen LogP contribution in [0.25, 0.3) is 19.5 Å². The maximum absolute atomic E-state index is 12.9. The van der Waals surface area contributed by atoms with Gasteiger partial charge in [0.2, 0.25) is 0 Å². The topological polar surface area (TPSA) is 29.1 Å². The number of nitrogens with one attached hydrogen (secondary N) is 1. The maximum Gasteiger partial charge on any atom is 0.261 e. The standard InChI is InChI=1S/C21H21NOS2/c23-21(22-19-13-6-11-5-12(8-13)9-14(19)7-11)18-10-17-20(25-18)15-3-1-2-4-16(15)24-17/h1-4,10-14,19H,5-9H2,(H,22,23). The van der Waals surface area contributed by atoms with Gasteiger partial charge < -0.3 is 5.32 Å². The number of hydrogen-bond donors (Lipinski definition) is 1. The fourth-order valence-corrected chi connectivity index (χ4v) is 8.42. The minimum absolute atomic E-state index is 0.162. The van der Waals surface area contributed by atoms with Gasteiger partial charge in [-0.2, -0.15) is 0 Å². The Morgan fingerprint density at radius 1 is 0.920 bits per heavy atom. The lowest BCUT2D eigenvalue weighted by molar-refractivity contribution is -0.0119. The first-order valence-corrected chi connectivity index (χ1v) is 11.1. The van der Waals surface area contributed by atoms with Crippen LogP contribution in [0.3, 0.4) is 0 Å². The van der Waals surface area contributed by atoms with Crippen LogP contribution in [-0.4, -0.2) is 11.9 Å². The lowest BCUT2D eigenvalue weighted by Gasteiger charge is -2.54. The Morgan fingerprint density at radius 2 is 1.64 bits per heavy atom. The lowest BCUT2D eigenvalue weighted by atomic mass is 9.54. The summed E-state index contributed by atoms with van der Waals surface area (Å²) in [5.74, 6) is 3.54. The summed E-state index contributed by atoms with van der Waals surface area (Å²) in [6, 6.07) is 11.0. The molecule has 0 saturated heterocycles. The average molecular weight is 368 g/mol. The summed E-state index contributed by atoms with van der Waals surface area (Å²) in [5.41, 5.74) is 0. The Balaban J connectivity index is 1.29. The van der Waals surface area contributed by atoms with Crippen LogP contribution < -0.4 is 5.32 Å². The van der Waals surface area contributed by atoms with Crippen LogP contribution >= 0.6 is 22.7 Å². The van der Waals surface area contributed by atoms with Crippen LogP contribution in [0.5, 0.6) is 0 Å². The van der Waals surface area contributed by atoms with Crippen LogP contribution in [-0.2, 0) is 0 Å². The van der Waals surface area contributed by atoms with Gasteiger partial charge in [-0.3, -0.25) is 4.79 Å². The van der Waals surface area contributed by atoms with Crippen LogP contribution in [0.1, 0.15) is 41.8 Å². The van der Waals surface area contributed by atoms with E-state index in [1.54, 1.807) is 22.7 Å². The van der Waals surface area contributed by atoms with Gasteiger partial charge in [0, 0.05) is 20.8 Å². The van der Waals surface area contributed by atoms with E-state index in [1.807, 2.05) is 0 Å². The molecule has 7 rings (SSSR count). The molecule has 2 heterocycles. The number of fused-ring (bicyclic) bond motifs is 3. The molecule has 2 aromatic heterocycles. The van der Waals surface area contributed by atoms with E-state index in [4.69, 9.17) is 0 Å². The second kappa shape index (κ2) is 5.31. The van der Waals surface area contributed by atoms with Gasteiger partial charge in [0.15, 0.2) is 0 Å². The predicted molar refractivity (Wildman–Crippen MR) is 106 cm³/mol. The van der Waals surface area contributed by atoms with Crippen molar-refractivity contribution in [3.8, 4) is 0 Å². The fraction of sp³-hybridized carbons (Fsp3) is 0.476. The molecule has 0 spiro atoms. The molecule has 0 aliphatic heterocycles. The molecule has 0 radical (unpaired) electrons. The molecular formula is C21H21NOS2. The smallest absolute Gasteiger partial charge is 0.261 e. The van der Waals surface area contributed by atoms with Crippen LogP contribution in [0.4, 0.5) is 0 Å². The van der Waals surface area contributed by atoms with Gasteiger partial charge in [0.1, 0.15) is 0 Å². The average Bonchev–Trinajstić information content (AvgIpc) is 3.15. The Hall–Kier alpha value is -1.39. The van der Waals surface area contributed by atoms with Gasteiger partial charge in [-0.1, -0.05) is 18.2 Å². The number of carbonyl (C=O) groups is 1. The van der Waals surface area contributed by atoms with Crippen LogP contribution in [0.2, 0.25) is 0 Å². The summed E-state index contributed by atoms with van der Waals surface area (Å²) >= 11 is 3.47. The van der Waals surface area contributed by atoms with Gasteiger partial charge in [-0.15, -0.1) is 22.7 Å². The number of hydrogen-bond acceptors (Lipinski definition) is 3. The molecular weight excluding hydrogens is 346 g/mol. The first-order chi connectivity index (χ1) is 12.2. The van der Waals surface area contributed by atoms with Crippen LogP contribution in [0.15, 0.2) is 30.3 Å². The molecule has 3 aromatic rings. The van der Waals surface area contributed by atoms with Gasteiger partial charge in [-0.25, -0.2) is 0 Å². The zero-order valence-corrected chi connectivity index (χ0v) is 15.7.